The molecular weight excluding hydrogens is 524 g/mol. The van der Waals surface area contributed by atoms with Gasteiger partial charge < -0.3 is 32.4 Å². The summed E-state index contributed by atoms with van der Waals surface area (Å²) in [6, 6.07) is 17.2. The van der Waals surface area contributed by atoms with Gasteiger partial charge in [-0.3, -0.25) is 9.59 Å². The number of nitrogens with two attached hydrogens (primary N) is 3. The Morgan fingerprint density at radius 2 is 1.73 bits per heavy atom. The maximum absolute atomic E-state index is 14.1. The predicted octanol–water partition coefficient (Wildman–Crippen LogP) is 4.40. The highest BCUT2D eigenvalue weighted by molar-refractivity contribution is 7.21. The van der Waals surface area contributed by atoms with Crippen molar-refractivity contribution in [3.05, 3.63) is 87.8 Å². The molecule has 1 saturated carbocycles. The third-order valence-corrected chi connectivity index (χ3v) is 9.41. The molecule has 0 bridgehead atoms. The van der Waals surface area contributed by atoms with Crippen molar-refractivity contribution < 1.29 is 19.4 Å². The van der Waals surface area contributed by atoms with Crippen LogP contribution < -0.4 is 27.3 Å². The molecule has 0 saturated heterocycles. The second-order valence-electron chi connectivity index (χ2n) is 10.8. The molecule has 4 aromatic rings. The standard InChI is InChI=1S/C31H32N4O4S/c1-16-15-20(39-19-5-3-2-4-6-19)11-12-21(16)31(34)22-13-14-23(32)27-24(22)25(26(33)29(31)37)28(40-27)30(38)35-17-7-9-18(36)10-8-17/h2-6,11-15,17-18,26,36H,7-10,32-34H2,1H3,(H,35,38). The first-order chi connectivity index (χ1) is 19.2. The third kappa shape index (κ3) is 4.26. The van der Waals surface area contributed by atoms with E-state index in [0.29, 0.717) is 74.5 Å². The minimum Gasteiger partial charge on any atom is -0.457 e. The topological polar surface area (TPSA) is 154 Å². The summed E-state index contributed by atoms with van der Waals surface area (Å²) in [5, 5.41) is 13.6. The number of anilines is 1. The first-order valence-corrected chi connectivity index (χ1v) is 14.3. The summed E-state index contributed by atoms with van der Waals surface area (Å²) in [5.41, 5.74) is 21.5. The van der Waals surface area contributed by atoms with Crippen molar-refractivity contribution in [1.29, 1.82) is 0 Å². The molecule has 40 heavy (non-hydrogen) atoms. The predicted molar refractivity (Wildman–Crippen MR) is 157 cm³/mol. The summed E-state index contributed by atoms with van der Waals surface area (Å²) in [6.07, 6.45) is 2.35. The van der Waals surface area contributed by atoms with Crippen LogP contribution in [0.1, 0.15) is 63.7 Å². The maximum atomic E-state index is 14.1. The Kier molecular flexibility index (Phi) is 6.62. The SMILES string of the molecule is Cc1cc(Oc2ccccc2)ccc1C1(N)C(=O)C(N)c2c(C(=O)NC3CCC(O)CC3)sc3c(N)ccc1c23. The van der Waals surface area contributed by atoms with Gasteiger partial charge in [-0.25, -0.2) is 0 Å². The molecule has 2 unspecified atom stereocenters. The molecule has 0 aliphatic heterocycles. The smallest absolute Gasteiger partial charge is 0.261 e. The monoisotopic (exact) mass is 556 g/mol. The molecule has 1 fully saturated rings. The quantitative estimate of drug-likeness (QED) is 0.228. The number of hydrogen-bond acceptors (Lipinski definition) is 8. The molecule has 6 rings (SSSR count). The van der Waals surface area contributed by atoms with E-state index in [1.54, 1.807) is 18.2 Å². The molecule has 206 valence electrons. The lowest BCUT2D eigenvalue weighted by Crippen LogP contribution is -2.53. The summed E-state index contributed by atoms with van der Waals surface area (Å²) in [7, 11) is 0. The third-order valence-electron chi connectivity index (χ3n) is 8.15. The van der Waals surface area contributed by atoms with Crippen LogP contribution in [0.3, 0.4) is 0 Å². The highest BCUT2D eigenvalue weighted by Crippen LogP contribution is 2.50. The summed E-state index contributed by atoms with van der Waals surface area (Å²) in [6.45, 7) is 1.89. The van der Waals surface area contributed by atoms with E-state index in [1.807, 2.05) is 49.4 Å². The van der Waals surface area contributed by atoms with Gasteiger partial charge in [0.05, 0.1) is 21.7 Å². The van der Waals surface area contributed by atoms with E-state index < -0.39 is 11.6 Å². The number of aryl methyl sites for hydroxylation is 1. The molecule has 2 atom stereocenters. The molecule has 0 spiro atoms. The number of ether oxygens (including phenoxy) is 1. The van der Waals surface area contributed by atoms with Gasteiger partial charge in [0.15, 0.2) is 5.78 Å². The van der Waals surface area contributed by atoms with Crippen molar-refractivity contribution in [2.75, 3.05) is 5.73 Å². The van der Waals surface area contributed by atoms with Gasteiger partial charge in [-0.1, -0.05) is 30.3 Å². The fraction of sp³-hybridized carbons (Fsp3) is 0.290. The number of aliphatic hydroxyl groups excluding tert-OH is 1. The molecule has 1 aromatic heterocycles. The number of ketones is 1. The van der Waals surface area contributed by atoms with Crippen molar-refractivity contribution in [1.82, 2.24) is 5.32 Å². The fourth-order valence-corrected chi connectivity index (χ4v) is 7.27. The molecular formula is C31H32N4O4S. The van der Waals surface area contributed by atoms with E-state index in [0.717, 1.165) is 5.56 Å². The van der Waals surface area contributed by atoms with E-state index in [-0.39, 0.29) is 23.8 Å². The van der Waals surface area contributed by atoms with Gasteiger partial charge in [0.1, 0.15) is 17.0 Å². The number of hydrogen-bond donors (Lipinski definition) is 5. The zero-order chi connectivity index (χ0) is 28.2. The van der Waals surface area contributed by atoms with Gasteiger partial charge >= 0.3 is 0 Å². The maximum Gasteiger partial charge on any atom is 0.261 e. The zero-order valence-corrected chi connectivity index (χ0v) is 23.0. The number of rotatable bonds is 5. The zero-order valence-electron chi connectivity index (χ0n) is 22.1. The molecule has 8 nitrogen and oxygen atoms in total. The van der Waals surface area contributed by atoms with Crippen LogP contribution in [0.25, 0.3) is 10.1 Å². The van der Waals surface area contributed by atoms with Gasteiger partial charge in [0, 0.05) is 22.7 Å². The average Bonchev–Trinajstić information content (AvgIpc) is 3.35. The van der Waals surface area contributed by atoms with Crippen LogP contribution in [0.4, 0.5) is 5.69 Å². The van der Waals surface area contributed by atoms with Gasteiger partial charge in [0.2, 0.25) is 0 Å². The molecule has 1 amide bonds. The molecule has 9 heteroatoms. The van der Waals surface area contributed by atoms with Crippen molar-refractivity contribution in [3.63, 3.8) is 0 Å². The number of para-hydroxylation sites is 1. The van der Waals surface area contributed by atoms with Crippen LogP contribution in [0, 0.1) is 6.92 Å². The first-order valence-electron chi connectivity index (χ1n) is 13.5. The van der Waals surface area contributed by atoms with Crippen LogP contribution in [0.2, 0.25) is 0 Å². The van der Waals surface area contributed by atoms with E-state index in [2.05, 4.69) is 5.32 Å². The van der Waals surface area contributed by atoms with Crippen molar-refractivity contribution in [2.45, 2.75) is 56.3 Å². The first kappa shape index (κ1) is 26.5. The number of amides is 1. The van der Waals surface area contributed by atoms with Crippen LogP contribution in [0.15, 0.2) is 60.7 Å². The number of Topliss-reactive ketones (excluding diaryl/α,β-unsaturated/α-hetero) is 1. The minimum atomic E-state index is -1.54. The Balaban J connectivity index is 1.42. The van der Waals surface area contributed by atoms with Crippen LogP contribution in [-0.2, 0) is 10.3 Å². The van der Waals surface area contributed by atoms with E-state index in [9.17, 15) is 14.7 Å². The average molecular weight is 557 g/mol. The van der Waals surface area contributed by atoms with Crippen LogP contribution >= 0.6 is 11.3 Å². The molecule has 0 radical (unpaired) electrons. The van der Waals surface area contributed by atoms with Gasteiger partial charge in [-0.05, 0) is 79.6 Å². The summed E-state index contributed by atoms with van der Waals surface area (Å²) >= 11 is 1.24. The van der Waals surface area contributed by atoms with E-state index >= 15 is 0 Å². The van der Waals surface area contributed by atoms with E-state index in [4.69, 9.17) is 21.9 Å². The van der Waals surface area contributed by atoms with E-state index in [1.165, 1.54) is 11.3 Å². The minimum absolute atomic E-state index is 0.0477. The van der Waals surface area contributed by atoms with Crippen LogP contribution in [0.5, 0.6) is 11.5 Å². The van der Waals surface area contributed by atoms with Crippen molar-refractivity contribution in [2.24, 2.45) is 11.5 Å². The Morgan fingerprint density at radius 3 is 2.42 bits per heavy atom. The Labute approximate surface area is 236 Å². The van der Waals surface area contributed by atoms with Crippen molar-refractivity contribution >= 4 is 38.8 Å². The number of carbonyl (C=O) groups excluding carboxylic acids is 2. The lowest BCUT2D eigenvalue weighted by Gasteiger charge is -2.37. The number of thiophene rings is 1. The molecule has 2 aliphatic carbocycles. The molecule has 2 aliphatic rings. The molecule has 3 aromatic carbocycles. The largest absolute Gasteiger partial charge is 0.457 e. The number of nitrogen functional groups attached to an aromatic ring is 1. The summed E-state index contributed by atoms with van der Waals surface area (Å²) in [4.78, 5) is 28.0. The number of nitrogens with one attached hydrogen (secondary N) is 1. The number of benzene rings is 3. The normalized spacial score (nSPS) is 24.2. The summed E-state index contributed by atoms with van der Waals surface area (Å²) in [5.74, 6) is 0.649. The van der Waals surface area contributed by atoms with Crippen LogP contribution in [-0.4, -0.2) is 28.9 Å². The Morgan fingerprint density at radius 1 is 1.02 bits per heavy atom. The molecule has 8 N–H and O–H groups in total. The Hall–Kier alpha value is -3.76. The van der Waals surface area contributed by atoms with Gasteiger partial charge in [-0.2, -0.15) is 0 Å². The van der Waals surface area contributed by atoms with Gasteiger partial charge in [-0.15, -0.1) is 11.3 Å². The second kappa shape index (κ2) is 10.0. The Bertz CT molecular complexity index is 1630. The number of carbonyl (C=O) groups is 2. The lowest BCUT2D eigenvalue weighted by molar-refractivity contribution is -0.124. The fourth-order valence-electron chi connectivity index (χ4n) is 6.07. The summed E-state index contributed by atoms with van der Waals surface area (Å²) < 4.78 is 6.68. The second-order valence-corrected chi connectivity index (χ2v) is 11.8. The number of aliphatic hydroxyl groups is 1. The van der Waals surface area contributed by atoms with Crippen molar-refractivity contribution in [3.8, 4) is 11.5 Å². The lowest BCUT2D eigenvalue weighted by atomic mass is 9.69. The van der Waals surface area contributed by atoms with Gasteiger partial charge in [0.25, 0.3) is 5.91 Å². The highest BCUT2D eigenvalue weighted by Gasteiger charge is 2.49. The highest BCUT2D eigenvalue weighted by atomic mass is 32.1. The molecule has 1 heterocycles.